The van der Waals surface area contributed by atoms with E-state index in [2.05, 4.69) is 33.9 Å². The molecule has 0 radical (unpaired) electrons. The van der Waals surface area contributed by atoms with Crippen LogP contribution in [0.15, 0.2) is 82.5 Å². The van der Waals surface area contributed by atoms with Gasteiger partial charge in [0.05, 0.1) is 17.6 Å². The van der Waals surface area contributed by atoms with Crippen LogP contribution in [0.25, 0.3) is 11.3 Å². The summed E-state index contributed by atoms with van der Waals surface area (Å²) < 4.78 is 19.1. The van der Waals surface area contributed by atoms with Crippen LogP contribution >= 0.6 is 0 Å². The van der Waals surface area contributed by atoms with Crippen molar-refractivity contribution < 1.29 is 8.91 Å². The lowest BCUT2D eigenvalue weighted by molar-refractivity contribution is 0.281. The third kappa shape index (κ3) is 4.01. The number of hydrogen-bond acceptors (Lipinski definition) is 7. The van der Waals surface area contributed by atoms with E-state index in [4.69, 9.17) is 16.1 Å². The molecule has 34 heavy (non-hydrogen) atoms. The van der Waals surface area contributed by atoms with E-state index >= 15 is 0 Å². The van der Waals surface area contributed by atoms with Crippen LogP contribution in [-0.4, -0.2) is 28.3 Å². The number of hydrogen-bond donors (Lipinski definition) is 2. The van der Waals surface area contributed by atoms with Crippen molar-refractivity contribution in [2.45, 2.75) is 32.6 Å². The largest absolute Gasteiger partial charge is 0.401 e. The lowest BCUT2D eigenvalue weighted by atomic mass is 9.91. The second-order valence-corrected chi connectivity index (χ2v) is 8.88. The fraction of sp³-hybridized carbons (Fsp3) is 0.269. The van der Waals surface area contributed by atoms with E-state index in [1.807, 2.05) is 12.1 Å². The summed E-state index contributed by atoms with van der Waals surface area (Å²) in [5.41, 5.74) is 13.1. The van der Waals surface area contributed by atoms with Gasteiger partial charge in [-0.3, -0.25) is 15.0 Å². The Hall–Kier alpha value is -3.78. The van der Waals surface area contributed by atoms with E-state index in [1.165, 1.54) is 28.4 Å². The first kappa shape index (κ1) is 22.0. The molecule has 1 fully saturated rings. The molecule has 1 aromatic carbocycles. The minimum atomic E-state index is -0.224. The molecular weight excluding hydrogens is 431 g/mol. The first-order chi connectivity index (χ1) is 16.4. The Labute approximate surface area is 198 Å². The molecule has 4 N–H and O–H groups in total. The molecule has 0 saturated carbocycles. The molecule has 1 aromatic heterocycles. The van der Waals surface area contributed by atoms with Crippen LogP contribution in [-0.2, 0) is 0 Å². The second kappa shape index (κ2) is 8.87. The minimum Gasteiger partial charge on any atom is -0.401 e. The molecule has 3 heterocycles. The van der Waals surface area contributed by atoms with E-state index in [9.17, 15) is 4.39 Å². The lowest BCUT2D eigenvalue weighted by Gasteiger charge is -2.45. The molecule has 2 aliphatic heterocycles. The van der Waals surface area contributed by atoms with Crippen molar-refractivity contribution in [2.24, 2.45) is 11.6 Å². The molecule has 176 valence electrons. The average Bonchev–Trinajstić information content (AvgIpc) is 3.29. The molecule has 0 atom stereocenters. The molecule has 0 amide bonds. The SMILES string of the molecule is C=C1CC(/C=C2\CCCN3C2=CCCN3c2ccc(F)cc2)=c2cnoc2=C1N(N)/C=C(/C)N. The number of fused-ring (bicyclic) bond motifs is 2. The summed E-state index contributed by atoms with van der Waals surface area (Å²) in [6, 6.07) is 6.71. The van der Waals surface area contributed by atoms with Crippen LogP contribution in [0.1, 0.15) is 32.6 Å². The Morgan fingerprint density at radius 1 is 1.24 bits per heavy atom. The molecule has 8 heteroatoms. The maximum absolute atomic E-state index is 13.5. The summed E-state index contributed by atoms with van der Waals surface area (Å²) in [5, 5.41) is 11.0. The van der Waals surface area contributed by atoms with Gasteiger partial charge >= 0.3 is 0 Å². The standard InChI is InChI=1S/C26H29FN6O/c1-17-13-20(23-15-30-34-26(23)25(17)31(29)16-18(2)28)14-19-5-3-12-33-24(19)6-4-11-32(33)22-9-7-21(27)8-10-22/h6-10,14-16H,1,3-5,11-13,28-29H2,2H3/b18-16-,19-14+. The van der Waals surface area contributed by atoms with E-state index < -0.39 is 0 Å². The number of halogens is 1. The maximum atomic E-state index is 13.5. The Morgan fingerprint density at radius 3 is 2.79 bits per heavy atom. The molecule has 0 spiro atoms. The summed E-state index contributed by atoms with van der Waals surface area (Å²) in [7, 11) is 0. The number of nitrogens with two attached hydrogens (primary N) is 2. The summed E-state index contributed by atoms with van der Waals surface area (Å²) in [5.74, 6) is 6.01. The van der Waals surface area contributed by atoms with Crippen molar-refractivity contribution in [3.8, 4) is 0 Å². The van der Waals surface area contributed by atoms with Crippen molar-refractivity contribution in [1.29, 1.82) is 0 Å². The molecule has 2 aromatic rings. The maximum Gasteiger partial charge on any atom is 0.192 e. The van der Waals surface area contributed by atoms with Gasteiger partial charge in [-0.2, -0.15) is 0 Å². The molecule has 1 saturated heterocycles. The van der Waals surface area contributed by atoms with Gasteiger partial charge in [0, 0.05) is 30.2 Å². The number of rotatable bonds is 4. The third-order valence-corrected chi connectivity index (χ3v) is 6.34. The highest BCUT2D eigenvalue weighted by Crippen LogP contribution is 2.35. The zero-order chi connectivity index (χ0) is 23.8. The van der Waals surface area contributed by atoms with Crippen molar-refractivity contribution >= 4 is 17.0 Å². The van der Waals surface area contributed by atoms with Gasteiger partial charge in [-0.25, -0.2) is 10.2 Å². The minimum absolute atomic E-state index is 0.224. The Balaban J connectivity index is 1.55. The first-order valence-corrected chi connectivity index (χ1v) is 11.5. The quantitative estimate of drug-likeness (QED) is 0.536. The Morgan fingerprint density at radius 2 is 2.03 bits per heavy atom. The lowest BCUT2D eigenvalue weighted by Crippen LogP contribution is -2.47. The fourth-order valence-corrected chi connectivity index (χ4v) is 4.92. The molecule has 0 bridgehead atoms. The van der Waals surface area contributed by atoms with Crippen LogP contribution in [0.5, 0.6) is 0 Å². The van der Waals surface area contributed by atoms with Gasteiger partial charge in [-0.1, -0.05) is 23.9 Å². The smallest absolute Gasteiger partial charge is 0.192 e. The number of hydrazine groups is 2. The highest BCUT2D eigenvalue weighted by atomic mass is 19.1. The van der Waals surface area contributed by atoms with Gasteiger partial charge in [0.15, 0.2) is 5.42 Å². The Kier molecular flexibility index (Phi) is 5.75. The number of allylic oxidation sites excluding steroid dienone is 3. The molecular formula is C26H29FN6O. The summed E-state index contributed by atoms with van der Waals surface area (Å²) in [6.45, 7) is 7.82. The van der Waals surface area contributed by atoms with Crippen LogP contribution in [0, 0.1) is 5.82 Å². The van der Waals surface area contributed by atoms with Crippen molar-refractivity contribution in [3.63, 3.8) is 0 Å². The average molecular weight is 461 g/mol. The van der Waals surface area contributed by atoms with Crippen LogP contribution in [0.4, 0.5) is 10.1 Å². The van der Waals surface area contributed by atoms with Crippen LogP contribution < -0.4 is 27.2 Å². The van der Waals surface area contributed by atoms with Crippen molar-refractivity contribution in [2.75, 3.05) is 18.1 Å². The Bertz CT molecular complexity index is 1330. The van der Waals surface area contributed by atoms with E-state index in [-0.39, 0.29) is 5.82 Å². The molecule has 3 aliphatic rings. The predicted molar refractivity (Wildman–Crippen MR) is 131 cm³/mol. The molecule has 7 nitrogen and oxygen atoms in total. The highest BCUT2D eigenvalue weighted by molar-refractivity contribution is 5.74. The number of nitrogens with zero attached hydrogens (tertiary/aromatic N) is 4. The predicted octanol–water partition coefficient (Wildman–Crippen LogP) is 2.76. The van der Waals surface area contributed by atoms with Gasteiger partial charge in [-0.05, 0) is 73.6 Å². The van der Waals surface area contributed by atoms with Crippen LogP contribution in [0.3, 0.4) is 0 Å². The second-order valence-electron chi connectivity index (χ2n) is 8.88. The topological polar surface area (TPSA) is 87.8 Å². The van der Waals surface area contributed by atoms with Gasteiger partial charge in [0.25, 0.3) is 0 Å². The van der Waals surface area contributed by atoms with Gasteiger partial charge < -0.3 is 10.3 Å². The monoisotopic (exact) mass is 460 g/mol. The van der Waals surface area contributed by atoms with E-state index in [0.717, 1.165) is 54.4 Å². The molecule has 1 aliphatic carbocycles. The highest BCUT2D eigenvalue weighted by Gasteiger charge is 2.29. The normalized spacial score (nSPS) is 19.9. The zero-order valence-corrected chi connectivity index (χ0v) is 19.3. The van der Waals surface area contributed by atoms with Crippen LogP contribution in [0.2, 0.25) is 0 Å². The summed E-state index contributed by atoms with van der Waals surface area (Å²) in [6.07, 6.45) is 11.5. The first-order valence-electron chi connectivity index (χ1n) is 11.5. The molecule has 0 unspecified atom stereocenters. The fourth-order valence-electron chi connectivity index (χ4n) is 4.92. The van der Waals surface area contributed by atoms with E-state index in [0.29, 0.717) is 23.2 Å². The van der Waals surface area contributed by atoms with Gasteiger partial charge in [0.2, 0.25) is 0 Å². The number of piperidine rings is 1. The van der Waals surface area contributed by atoms with Gasteiger partial charge in [-0.15, -0.1) is 0 Å². The third-order valence-electron chi connectivity index (χ3n) is 6.34. The number of anilines is 1. The number of aromatic nitrogens is 1. The zero-order valence-electron chi connectivity index (χ0n) is 19.3. The summed E-state index contributed by atoms with van der Waals surface area (Å²) >= 11 is 0. The number of benzene rings is 1. The van der Waals surface area contributed by atoms with Gasteiger partial charge in [0.1, 0.15) is 11.5 Å². The van der Waals surface area contributed by atoms with E-state index in [1.54, 1.807) is 19.3 Å². The van der Waals surface area contributed by atoms with Crippen molar-refractivity contribution in [1.82, 2.24) is 15.2 Å². The van der Waals surface area contributed by atoms with Crippen molar-refractivity contribution in [3.05, 3.63) is 94.4 Å². The summed E-state index contributed by atoms with van der Waals surface area (Å²) in [4.78, 5) is 0. The molecule has 5 rings (SSSR count).